The first kappa shape index (κ1) is 58.5. The Kier molecular flexibility index (Phi) is 16.9. The van der Waals surface area contributed by atoms with Crippen LogP contribution in [0.4, 0.5) is 4.79 Å². The van der Waals surface area contributed by atoms with Crippen molar-refractivity contribution < 1.29 is 37.4 Å². The van der Waals surface area contributed by atoms with Crippen LogP contribution in [0.1, 0.15) is 67.4 Å². The fourth-order valence-electron chi connectivity index (χ4n) is 8.92. The Balaban J connectivity index is 0.000000143. The number of fused-ring (bicyclic) bond motifs is 6. The summed E-state index contributed by atoms with van der Waals surface area (Å²) in [6.07, 6.45) is 3.73. The number of Topliss-reactive ketones (excluding diaryl/α,β-unsaturated/α-hetero) is 1. The van der Waals surface area contributed by atoms with Gasteiger partial charge in [0.05, 0.1) is 66.2 Å². The lowest BCUT2D eigenvalue weighted by Crippen LogP contribution is -2.29. The maximum absolute atomic E-state index is 12.6. The molecule has 0 radical (unpaired) electrons. The third-order valence-electron chi connectivity index (χ3n) is 13.3. The zero-order valence-corrected chi connectivity index (χ0v) is 51.5. The Morgan fingerprint density at radius 3 is 1.80 bits per heavy atom. The van der Waals surface area contributed by atoms with Gasteiger partial charge in [-0.05, 0) is 146 Å². The molecule has 12 aromatic rings. The molecule has 0 aliphatic carbocycles. The van der Waals surface area contributed by atoms with Crippen LogP contribution in [0.3, 0.4) is 0 Å². The van der Waals surface area contributed by atoms with Crippen LogP contribution in [0.5, 0.6) is 17.2 Å². The van der Waals surface area contributed by atoms with Crippen LogP contribution in [0.2, 0.25) is 19.6 Å². The lowest BCUT2D eigenvalue weighted by Gasteiger charge is -2.20. The van der Waals surface area contributed by atoms with Crippen molar-refractivity contribution in [3.05, 3.63) is 170 Å². The third kappa shape index (κ3) is 13.5. The summed E-state index contributed by atoms with van der Waals surface area (Å²) in [6.45, 7) is 21.4. The lowest BCUT2D eigenvalue weighted by molar-refractivity contribution is -0.142. The smallest absolute Gasteiger partial charge is 0.514 e. The summed E-state index contributed by atoms with van der Waals surface area (Å²) in [5.74, 6) is 2.07. The van der Waals surface area contributed by atoms with Gasteiger partial charge in [-0.3, -0.25) is 19.6 Å². The monoisotopic (exact) mass is 1170 g/mol. The van der Waals surface area contributed by atoms with E-state index in [0.29, 0.717) is 45.5 Å². The summed E-state index contributed by atoms with van der Waals surface area (Å²) in [5, 5.41) is 3.85. The molecule has 0 bridgehead atoms. The molecule has 0 saturated carbocycles. The Labute approximate surface area is 496 Å². The Bertz CT molecular complexity index is 4420. The van der Waals surface area contributed by atoms with Crippen LogP contribution in [-0.4, -0.2) is 56.7 Å². The molecule has 1 unspecified atom stereocenters. The Hall–Kier alpha value is -8.70. The summed E-state index contributed by atoms with van der Waals surface area (Å²) in [7, 11) is -1.72. The number of para-hydroxylation sites is 6. The molecule has 84 heavy (non-hydrogen) atoms. The second-order valence-electron chi connectivity index (χ2n) is 23.4. The number of ketones is 1. The number of hydrogen-bond acceptors (Lipinski definition) is 15. The molecule has 0 spiro atoms. The Morgan fingerprint density at radius 2 is 1.13 bits per heavy atom. The number of pyridine rings is 1. The summed E-state index contributed by atoms with van der Waals surface area (Å²) in [4.78, 5) is 62.5. The number of rotatable bonds is 11. The number of nitrogens with zero attached hydrogens (tertiary/aromatic N) is 5. The first-order valence-electron chi connectivity index (χ1n) is 27.8. The predicted molar refractivity (Wildman–Crippen MR) is 342 cm³/mol. The number of esters is 1. The average molecular weight is 1170 g/mol. The van der Waals surface area contributed by atoms with E-state index < -0.39 is 25.5 Å². The average Bonchev–Trinajstić information content (AvgIpc) is 3.32. The second-order valence-corrected chi connectivity index (χ2v) is 29.9. The molecule has 6 heterocycles. The second kappa shape index (κ2) is 24.2. The molecular formula is C68H65N5O8S2Si. The standard InChI is InChI=1S/C27H28N2O4S.C21H18N2O3.C20H19NOSSi/c1-6-16(2)22(30)13-17-11-12-18-23(14-17)34-25(24(18)32-26(31)33-27(3,4)5)21-15-28-19-9-7-8-10-20(19)29-21;1-21(2,3)20(24)26-18-13-8-4-7-11-17(13)25-19(18)16-12-22-14-9-5-6-10-15(14)23-16;1-24(2,3)22-19-15-9-5-7-11-18(15)23-20(19)17-13-12-14-8-4-6-10-16(14)21-17/h7-12,14-16H,6,13H2,1-5H3;4-12H,1-3H3;4-13H,1-3H3. The summed E-state index contributed by atoms with van der Waals surface area (Å²) >= 11 is 3.22. The van der Waals surface area contributed by atoms with Crippen molar-refractivity contribution in [3.8, 4) is 49.8 Å². The van der Waals surface area contributed by atoms with Gasteiger partial charge in [0, 0.05) is 37.9 Å². The highest BCUT2D eigenvalue weighted by atomic mass is 32.1. The topological polar surface area (TPSA) is 166 Å². The molecule has 1 atom stereocenters. The largest absolute Gasteiger partial charge is 0.543 e. The van der Waals surface area contributed by atoms with Gasteiger partial charge in [0.1, 0.15) is 34.1 Å². The van der Waals surface area contributed by atoms with Gasteiger partial charge in [0.2, 0.25) is 8.32 Å². The first-order valence-corrected chi connectivity index (χ1v) is 32.9. The Morgan fingerprint density at radius 1 is 0.571 bits per heavy atom. The van der Waals surface area contributed by atoms with Crippen LogP contribution < -0.4 is 13.9 Å². The SMILES string of the molecule is CC(C)(C)C(=O)Oc1c(-c2cnc3ccccc3n2)oc2ccccc12.CCC(C)C(=O)Cc1ccc2c(OC(=O)OC(C)(C)C)c(-c3cnc4ccccc4n3)sc2c1.C[Si](C)(C)Oc1c(-c2ccc3ccccc3n2)sc2ccccc12. The highest BCUT2D eigenvalue weighted by Gasteiger charge is 2.30. The van der Waals surface area contributed by atoms with Gasteiger partial charge < -0.3 is 23.1 Å². The molecule has 6 aromatic heterocycles. The molecule has 0 aliphatic rings. The quantitative estimate of drug-likeness (QED) is 0.0888. The van der Waals surface area contributed by atoms with E-state index in [-0.39, 0.29) is 17.7 Å². The van der Waals surface area contributed by atoms with E-state index in [2.05, 4.69) is 83.1 Å². The third-order valence-corrected chi connectivity index (χ3v) is 16.5. The molecule has 0 saturated heterocycles. The van der Waals surface area contributed by atoms with E-state index in [4.69, 9.17) is 33.0 Å². The normalized spacial score (nSPS) is 12.2. The van der Waals surface area contributed by atoms with Crippen molar-refractivity contribution in [2.24, 2.45) is 11.3 Å². The minimum absolute atomic E-state index is 0.0218. The van der Waals surface area contributed by atoms with Crippen LogP contribution in [0.15, 0.2) is 168 Å². The van der Waals surface area contributed by atoms with Crippen molar-refractivity contribution in [1.82, 2.24) is 24.9 Å². The van der Waals surface area contributed by atoms with Gasteiger partial charge in [-0.1, -0.05) is 92.7 Å². The number of ether oxygens (including phenoxy) is 3. The highest BCUT2D eigenvalue weighted by molar-refractivity contribution is 7.23. The van der Waals surface area contributed by atoms with Gasteiger partial charge in [-0.15, -0.1) is 22.7 Å². The number of carbonyl (C=O) groups is 3. The molecular weight excluding hydrogens is 1110 g/mol. The lowest BCUT2D eigenvalue weighted by atomic mass is 9.97. The maximum Gasteiger partial charge on any atom is 0.514 e. The van der Waals surface area contributed by atoms with Crippen LogP contribution >= 0.6 is 22.7 Å². The number of carbonyl (C=O) groups excluding carboxylic acids is 3. The van der Waals surface area contributed by atoms with E-state index >= 15 is 0 Å². The van der Waals surface area contributed by atoms with E-state index in [1.165, 1.54) is 21.4 Å². The number of aromatic nitrogens is 5. The van der Waals surface area contributed by atoms with E-state index in [1.807, 2.05) is 138 Å². The van der Waals surface area contributed by atoms with Gasteiger partial charge in [-0.2, -0.15) is 0 Å². The van der Waals surface area contributed by atoms with Crippen molar-refractivity contribution >= 4 is 113 Å². The number of benzene rings is 6. The molecule has 0 aliphatic heterocycles. The molecule has 13 nitrogen and oxygen atoms in total. The van der Waals surface area contributed by atoms with Gasteiger partial charge in [0.25, 0.3) is 0 Å². The van der Waals surface area contributed by atoms with Crippen molar-refractivity contribution in [3.63, 3.8) is 0 Å². The molecule has 426 valence electrons. The van der Waals surface area contributed by atoms with E-state index in [0.717, 1.165) is 76.7 Å². The molecule has 0 fully saturated rings. The minimum Gasteiger partial charge on any atom is -0.543 e. The summed E-state index contributed by atoms with van der Waals surface area (Å²) in [5.41, 5.74) is 6.46. The molecule has 16 heteroatoms. The fraction of sp³-hybridized carbons (Fsp3) is 0.235. The van der Waals surface area contributed by atoms with E-state index in [1.54, 1.807) is 44.5 Å². The zero-order valence-electron chi connectivity index (χ0n) is 48.9. The highest BCUT2D eigenvalue weighted by Crippen LogP contribution is 2.47. The van der Waals surface area contributed by atoms with Crippen molar-refractivity contribution in [2.45, 2.75) is 93.5 Å². The molecule has 12 rings (SSSR count). The van der Waals surface area contributed by atoms with E-state index in [9.17, 15) is 14.4 Å². The maximum atomic E-state index is 12.6. The first-order chi connectivity index (χ1) is 40.1. The minimum atomic E-state index is -1.72. The predicted octanol–water partition coefficient (Wildman–Crippen LogP) is 18.3. The van der Waals surface area contributed by atoms with Crippen molar-refractivity contribution in [2.75, 3.05) is 0 Å². The molecule has 0 N–H and O–H groups in total. The van der Waals surface area contributed by atoms with Crippen LogP contribution in [0, 0.1) is 11.3 Å². The number of hydrogen-bond donors (Lipinski definition) is 0. The summed E-state index contributed by atoms with van der Waals surface area (Å²) < 4.78 is 31.4. The van der Waals surface area contributed by atoms with Crippen LogP contribution in [0.25, 0.3) is 96.7 Å². The van der Waals surface area contributed by atoms with Crippen LogP contribution in [-0.2, 0) is 20.7 Å². The van der Waals surface area contributed by atoms with Gasteiger partial charge in [0.15, 0.2) is 17.3 Å². The van der Waals surface area contributed by atoms with Gasteiger partial charge >= 0.3 is 12.1 Å². The van der Waals surface area contributed by atoms with Crippen molar-refractivity contribution in [1.29, 1.82) is 0 Å². The zero-order chi connectivity index (χ0) is 59.5. The molecule has 6 aromatic carbocycles. The molecule has 0 amide bonds. The summed E-state index contributed by atoms with van der Waals surface area (Å²) in [6, 6.07) is 49.4. The number of thiophene rings is 2. The number of furan rings is 1. The fourth-order valence-corrected chi connectivity index (χ4v) is 12.1. The van der Waals surface area contributed by atoms with Gasteiger partial charge in [-0.25, -0.2) is 19.7 Å².